The summed E-state index contributed by atoms with van der Waals surface area (Å²) in [4.78, 5) is 13.4. The van der Waals surface area contributed by atoms with Crippen LogP contribution in [0.3, 0.4) is 0 Å². The van der Waals surface area contributed by atoms with E-state index in [1.807, 2.05) is 36.5 Å². The van der Waals surface area contributed by atoms with E-state index in [9.17, 15) is 13.2 Å². The summed E-state index contributed by atoms with van der Waals surface area (Å²) in [6.07, 6.45) is -3.27. The highest BCUT2D eigenvalue weighted by molar-refractivity contribution is 6.30. The zero-order valence-corrected chi connectivity index (χ0v) is 19.2. The Morgan fingerprint density at radius 1 is 1.03 bits per heavy atom. The average Bonchev–Trinajstić information content (AvgIpc) is 3.04. The Bertz CT molecular complexity index is 1270. The molecule has 0 spiro atoms. The van der Waals surface area contributed by atoms with Crippen LogP contribution in [0.5, 0.6) is 5.88 Å². The number of hydrogen-bond donors (Lipinski definition) is 1. The number of carbonyl (C=O) groups is 1. The van der Waals surface area contributed by atoms with Crippen LogP contribution >= 0.6 is 11.6 Å². The zero-order chi connectivity index (χ0) is 24.9. The van der Waals surface area contributed by atoms with Gasteiger partial charge in [-0.25, -0.2) is 9.78 Å². The number of carboxylic acids is 1. The van der Waals surface area contributed by atoms with Gasteiger partial charge >= 0.3 is 12.1 Å². The van der Waals surface area contributed by atoms with Gasteiger partial charge in [0.15, 0.2) is 0 Å². The predicted octanol–water partition coefficient (Wildman–Crippen LogP) is 6.57. The van der Waals surface area contributed by atoms with Crippen molar-refractivity contribution in [2.45, 2.75) is 33.2 Å². The highest BCUT2D eigenvalue weighted by Gasteiger charge is 2.38. The molecule has 9 heteroatoms. The van der Waals surface area contributed by atoms with E-state index in [4.69, 9.17) is 26.2 Å². The van der Waals surface area contributed by atoms with Gasteiger partial charge in [-0.05, 0) is 48.7 Å². The predicted molar refractivity (Wildman–Crippen MR) is 124 cm³/mol. The third-order valence-corrected chi connectivity index (χ3v) is 5.48. The van der Waals surface area contributed by atoms with Crippen molar-refractivity contribution in [1.29, 1.82) is 0 Å². The molecule has 2 aromatic heterocycles. The molecule has 0 saturated heterocycles. The average molecular weight is 491 g/mol. The van der Waals surface area contributed by atoms with Gasteiger partial charge in [-0.15, -0.1) is 0 Å². The second kappa shape index (κ2) is 10.6. The van der Waals surface area contributed by atoms with Gasteiger partial charge in [-0.1, -0.05) is 54.1 Å². The van der Waals surface area contributed by atoms with Gasteiger partial charge in [0.25, 0.3) is 0 Å². The highest BCUT2D eigenvalue weighted by atomic mass is 35.5. The van der Waals surface area contributed by atoms with Crippen molar-refractivity contribution in [2.24, 2.45) is 0 Å². The normalized spacial score (nSPS) is 11.1. The van der Waals surface area contributed by atoms with Crippen molar-refractivity contribution in [3.8, 4) is 5.88 Å². The minimum absolute atomic E-state index is 0.456. The molecule has 1 N–H and O–H groups in total. The van der Waals surface area contributed by atoms with E-state index in [0.29, 0.717) is 12.5 Å². The van der Waals surface area contributed by atoms with Gasteiger partial charge in [-0.2, -0.15) is 13.2 Å². The third-order valence-electron chi connectivity index (χ3n) is 5.23. The number of carboxylic acid groups (broad SMARTS) is 1. The molecular weight excluding hydrogens is 469 g/mol. The molecule has 0 bridgehead atoms. The number of aliphatic carboxylic acids is 1. The van der Waals surface area contributed by atoms with E-state index in [1.165, 1.54) is 22.2 Å². The number of ether oxygens (including phenoxy) is 1. The summed E-state index contributed by atoms with van der Waals surface area (Å²) in [5, 5.41) is 9.03. The Morgan fingerprint density at radius 2 is 1.65 bits per heavy atom. The highest BCUT2D eigenvalue weighted by Crippen LogP contribution is 2.32. The molecule has 34 heavy (non-hydrogen) atoms. The summed E-state index contributed by atoms with van der Waals surface area (Å²) < 4.78 is 40.1. The lowest BCUT2D eigenvalue weighted by Gasteiger charge is -2.12. The van der Waals surface area contributed by atoms with Crippen LogP contribution in [0.4, 0.5) is 13.2 Å². The zero-order valence-electron chi connectivity index (χ0n) is 18.4. The van der Waals surface area contributed by atoms with E-state index in [0.717, 1.165) is 22.6 Å². The Balaban J connectivity index is 0.000000406. The van der Waals surface area contributed by atoms with Crippen LogP contribution in [0.15, 0.2) is 66.9 Å². The van der Waals surface area contributed by atoms with E-state index < -0.39 is 12.1 Å². The number of hydrogen-bond acceptors (Lipinski definition) is 3. The standard InChI is InChI=1S/C23H21ClN2O.C2HF3O2/c1-16-17(2)26(14-18-6-4-3-5-7-18)22-21(16)12-13-25-23(22)27-15-19-8-10-20(24)11-9-19;3-2(4,5)1(6)7/h3-13H,14-15H2,1-2H3;(H,6,7). The second-order valence-corrected chi connectivity index (χ2v) is 7.95. The monoisotopic (exact) mass is 490 g/mol. The number of aryl methyl sites for hydroxylation is 1. The maximum absolute atomic E-state index is 10.6. The first-order valence-electron chi connectivity index (χ1n) is 10.2. The molecule has 2 heterocycles. The van der Waals surface area contributed by atoms with Crippen molar-refractivity contribution in [1.82, 2.24) is 9.55 Å². The third kappa shape index (κ3) is 6.08. The number of aromatic nitrogens is 2. The van der Waals surface area contributed by atoms with E-state index in [1.54, 1.807) is 0 Å². The lowest BCUT2D eigenvalue weighted by molar-refractivity contribution is -0.192. The van der Waals surface area contributed by atoms with Crippen LogP contribution in [0.2, 0.25) is 5.02 Å². The van der Waals surface area contributed by atoms with E-state index >= 15 is 0 Å². The minimum Gasteiger partial charge on any atom is -0.475 e. The van der Waals surface area contributed by atoms with Crippen LogP contribution in [-0.2, 0) is 17.9 Å². The van der Waals surface area contributed by atoms with Crippen LogP contribution < -0.4 is 4.74 Å². The molecule has 0 saturated carbocycles. The summed E-state index contributed by atoms with van der Waals surface area (Å²) in [5.74, 6) is -2.10. The molecule has 0 unspecified atom stereocenters. The Kier molecular flexibility index (Phi) is 7.83. The van der Waals surface area contributed by atoms with Gasteiger partial charge in [0.05, 0.1) is 0 Å². The molecule has 0 aliphatic carbocycles. The molecule has 0 radical (unpaired) electrons. The molecule has 4 rings (SSSR count). The van der Waals surface area contributed by atoms with E-state index in [2.05, 4.69) is 53.7 Å². The number of pyridine rings is 1. The maximum atomic E-state index is 10.6. The summed E-state index contributed by atoms with van der Waals surface area (Å²) in [6.45, 7) is 5.56. The fourth-order valence-corrected chi connectivity index (χ4v) is 3.49. The molecule has 0 atom stereocenters. The summed E-state index contributed by atoms with van der Waals surface area (Å²) in [6, 6.07) is 20.2. The summed E-state index contributed by atoms with van der Waals surface area (Å²) >= 11 is 5.97. The minimum atomic E-state index is -5.08. The van der Waals surface area contributed by atoms with Crippen molar-refractivity contribution >= 4 is 28.5 Å². The molecule has 0 aliphatic heterocycles. The molecule has 5 nitrogen and oxygen atoms in total. The maximum Gasteiger partial charge on any atom is 0.490 e. The topological polar surface area (TPSA) is 64.4 Å². The lowest BCUT2D eigenvalue weighted by atomic mass is 10.2. The van der Waals surface area contributed by atoms with E-state index in [-0.39, 0.29) is 0 Å². The molecule has 0 fully saturated rings. The first-order valence-corrected chi connectivity index (χ1v) is 10.6. The van der Waals surface area contributed by atoms with Crippen molar-refractivity contribution in [2.75, 3.05) is 0 Å². The molecule has 4 aromatic rings. The Morgan fingerprint density at radius 3 is 2.24 bits per heavy atom. The molecule has 2 aromatic carbocycles. The fourth-order valence-electron chi connectivity index (χ4n) is 3.36. The summed E-state index contributed by atoms with van der Waals surface area (Å²) in [5.41, 5.74) is 5.86. The van der Waals surface area contributed by atoms with Gasteiger partial charge in [-0.3, -0.25) is 0 Å². The molecular formula is C25H22ClF3N2O3. The van der Waals surface area contributed by atoms with Crippen molar-refractivity contribution in [3.05, 3.63) is 94.3 Å². The number of fused-ring (bicyclic) bond motifs is 1. The van der Waals surface area contributed by atoms with Crippen LogP contribution in [-0.4, -0.2) is 26.8 Å². The van der Waals surface area contributed by atoms with Crippen LogP contribution in [0.1, 0.15) is 22.4 Å². The number of benzene rings is 2. The van der Waals surface area contributed by atoms with Gasteiger partial charge in [0.2, 0.25) is 5.88 Å². The molecule has 0 aliphatic rings. The lowest BCUT2D eigenvalue weighted by Crippen LogP contribution is -2.21. The van der Waals surface area contributed by atoms with Gasteiger partial charge in [0, 0.05) is 28.8 Å². The van der Waals surface area contributed by atoms with Gasteiger partial charge < -0.3 is 14.4 Å². The number of halogens is 4. The van der Waals surface area contributed by atoms with Crippen molar-refractivity contribution in [3.63, 3.8) is 0 Å². The van der Waals surface area contributed by atoms with Crippen LogP contribution in [0, 0.1) is 13.8 Å². The first kappa shape index (κ1) is 25.1. The van der Waals surface area contributed by atoms with Crippen LogP contribution in [0.25, 0.3) is 10.9 Å². The number of nitrogens with zero attached hydrogens (tertiary/aromatic N) is 2. The van der Waals surface area contributed by atoms with Crippen molar-refractivity contribution < 1.29 is 27.8 Å². The smallest absolute Gasteiger partial charge is 0.475 e. The number of alkyl halides is 3. The summed E-state index contributed by atoms with van der Waals surface area (Å²) in [7, 11) is 0. The second-order valence-electron chi connectivity index (χ2n) is 7.51. The number of rotatable bonds is 5. The molecule has 178 valence electrons. The largest absolute Gasteiger partial charge is 0.490 e. The van der Waals surface area contributed by atoms with Gasteiger partial charge in [0.1, 0.15) is 12.1 Å². The first-order chi connectivity index (χ1) is 16.1. The molecule has 0 amide bonds. The Labute approximate surface area is 199 Å². The SMILES string of the molecule is Cc1c(C)n(Cc2ccccc2)c2c(OCc3ccc(Cl)cc3)nccc12.O=C(O)C(F)(F)F. The fraction of sp³-hybridized carbons (Fsp3) is 0.200. The quantitative estimate of drug-likeness (QED) is 0.344. The Hall–Kier alpha value is -3.52.